The third-order valence-corrected chi connectivity index (χ3v) is 6.72. The third-order valence-electron chi connectivity index (χ3n) is 5.78. The van der Waals surface area contributed by atoms with Crippen molar-refractivity contribution in [1.29, 1.82) is 0 Å². The van der Waals surface area contributed by atoms with E-state index in [1.165, 1.54) is 16.6 Å². The number of aromatic nitrogens is 2. The Morgan fingerprint density at radius 1 is 1.00 bits per heavy atom. The first-order chi connectivity index (χ1) is 16.7. The van der Waals surface area contributed by atoms with Gasteiger partial charge in [-0.3, -0.25) is 5.43 Å². The summed E-state index contributed by atoms with van der Waals surface area (Å²) in [6.07, 6.45) is 2.79. The maximum Gasteiger partial charge on any atom is 0.204 e. The fourth-order valence-corrected chi connectivity index (χ4v) is 4.88. The fourth-order valence-electron chi connectivity index (χ4n) is 4.07. The quantitative estimate of drug-likeness (QED) is 0.152. The van der Waals surface area contributed by atoms with Crippen molar-refractivity contribution >= 4 is 43.8 Å². The van der Waals surface area contributed by atoms with Crippen LogP contribution in [-0.4, -0.2) is 29.5 Å². The molecule has 0 bridgehead atoms. The molecule has 5 rings (SSSR count). The summed E-state index contributed by atoms with van der Waals surface area (Å²) < 4.78 is 14.6. The van der Waals surface area contributed by atoms with Crippen LogP contribution in [0.3, 0.4) is 0 Å². The van der Waals surface area contributed by atoms with Crippen molar-refractivity contribution in [1.82, 2.24) is 9.55 Å². The average molecular weight is 471 g/mol. The van der Waals surface area contributed by atoms with Gasteiger partial charge < -0.3 is 14.0 Å². The normalized spacial score (nSPS) is 11.5. The third kappa shape index (κ3) is 4.61. The molecule has 0 aliphatic carbocycles. The lowest BCUT2D eigenvalue weighted by Gasteiger charge is -2.10. The summed E-state index contributed by atoms with van der Waals surface area (Å²) in [5, 5.41) is 6.48. The minimum absolute atomic E-state index is 0.640. The fraction of sp³-hybridized carbons (Fsp3) is 0.185. The summed E-state index contributed by atoms with van der Waals surface area (Å²) in [7, 11) is 1.66. The summed E-state index contributed by atoms with van der Waals surface area (Å²) in [5.74, 6) is 1.68. The van der Waals surface area contributed by atoms with Crippen molar-refractivity contribution in [2.45, 2.75) is 19.9 Å². The molecule has 0 radical (unpaired) electrons. The number of ether oxygens (including phenoxy) is 2. The zero-order chi connectivity index (χ0) is 23.3. The van der Waals surface area contributed by atoms with E-state index < -0.39 is 0 Å². The number of nitrogens with one attached hydrogen (secondary N) is 1. The predicted molar refractivity (Wildman–Crippen MR) is 141 cm³/mol. The van der Waals surface area contributed by atoms with Crippen LogP contribution in [0, 0.1) is 6.92 Å². The number of thiazole rings is 1. The Morgan fingerprint density at radius 3 is 2.59 bits per heavy atom. The van der Waals surface area contributed by atoms with Gasteiger partial charge in [-0.05, 0) is 55.8 Å². The number of fused-ring (bicyclic) bond motifs is 2. The van der Waals surface area contributed by atoms with Crippen LogP contribution in [-0.2, 0) is 6.54 Å². The zero-order valence-corrected chi connectivity index (χ0v) is 20.0. The number of hydrogen-bond acceptors (Lipinski definition) is 6. The van der Waals surface area contributed by atoms with Crippen LogP contribution < -0.4 is 14.9 Å². The number of hydrogen-bond donors (Lipinski definition) is 1. The number of nitrogens with zero attached hydrogens (tertiary/aromatic N) is 3. The van der Waals surface area contributed by atoms with E-state index in [1.54, 1.807) is 18.4 Å². The Morgan fingerprint density at radius 2 is 1.76 bits per heavy atom. The van der Waals surface area contributed by atoms with Crippen LogP contribution in [0.2, 0.25) is 0 Å². The molecule has 0 saturated heterocycles. The maximum atomic E-state index is 5.91. The highest BCUT2D eigenvalue weighted by atomic mass is 32.1. The van der Waals surface area contributed by atoms with E-state index in [1.807, 2.05) is 48.7 Å². The summed E-state index contributed by atoms with van der Waals surface area (Å²) in [5.41, 5.74) is 7.57. The number of hydrazone groups is 1. The van der Waals surface area contributed by atoms with Crippen molar-refractivity contribution in [3.63, 3.8) is 0 Å². The van der Waals surface area contributed by atoms with Gasteiger partial charge in [0.05, 0.1) is 30.1 Å². The summed E-state index contributed by atoms with van der Waals surface area (Å²) in [4.78, 5) is 4.59. The standard InChI is InChI=1S/C27H26N4O2S/c1-19-23(18-28-30-27-29-24-9-4-6-11-26(24)34-27)22-8-3-5-10-25(22)31(19)16-7-17-33-21-14-12-20(32-2)13-15-21/h3-6,8-15,18H,7,16-17H2,1-2H3,(H,29,30)/b28-18+. The van der Waals surface area contributed by atoms with Crippen LogP contribution in [0.4, 0.5) is 5.13 Å². The zero-order valence-electron chi connectivity index (χ0n) is 19.2. The molecule has 0 fully saturated rings. The van der Waals surface area contributed by atoms with Crippen LogP contribution >= 0.6 is 11.3 Å². The topological polar surface area (TPSA) is 60.7 Å². The summed E-state index contributed by atoms with van der Waals surface area (Å²) in [6.45, 7) is 3.64. The molecule has 0 aliphatic heterocycles. The Labute approximate surface area is 202 Å². The lowest BCUT2D eigenvalue weighted by atomic mass is 10.1. The lowest BCUT2D eigenvalue weighted by molar-refractivity contribution is 0.301. The van der Waals surface area contributed by atoms with Gasteiger partial charge >= 0.3 is 0 Å². The van der Waals surface area contributed by atoms with Gasteiger partial charge in [0.2, 0.25) is 5.13 Å². The van der Waals surface area contributed by atoms with Gasteiger partial charge in [0, 0.05) is 28.7 Å². The Bertz CT molecular complexity index is 1400. The van der Waals surface area contributed by atoms with Crippen molar-refractivity contribution in [2.75, 3.05) is 19.1 Å². The minimum Gasteiger partial charge on any atom is -0.497 e. The molecule has 7 heteroatoms. The second kappa shape index (κ2) is 9.97. The van der Waals surface area contributed by atoms with Crippen molar-refractivity contribution < 1.29 is 9.47 Å². The molecule has 0 spiro atoms. The first-order valence-corrected chi connectivity index (χ1v) is 12.0. The average Bonchev–Trinajstić information content (AvgIpc) is 3.41. The van der Waals surface area contributed by atoms with Gasteiger partial charge in [0.1, 0.15) is 11.5 Å². The Kier molecular flexibility index (Phi) is 6.44. The molecule has 0 aliphatic rings. The highest BCUT2D eigenvalue weighted by Crippen LogP contribution is 2.27. The Hall–Kier alpha value is -3.84. The SMILES string of the molecule is COc1ccc(OCCCn2c(C)c(/C=N/Nc3nc4ccccc4s3)c3ccccc32)cc1. The van der Waals surface area contributed by atoms with Gasteiger partial charge in [-0.2, -0.15) is 5.10 Å². The lowest BCUT2D eigenvalue weighted by Crippen LogP contribution is -2.06. The number of aryl methyl sites for hydroxylation is 1. The van der Waals surface area contributed by atoms with E-state index in [9.17, 15) is 0 Å². The molecule has 0 saturated carbocycles. The largest absolute Gasteiger partial charge is 0.497 e. The van der Waals surface area contributed by atoms with E-state index in [2.05, 4.69) is 57.3 Å². The van der Waals surface area contributed by atoms with Crippen LogP contribution in [0.5, 0.6) is 11.5 Å². The molecule has 3 aromatic carbocycles. The number of benzene rings is 3. The number of para-hydroxylation sites is 2. The predicted octanol–water partition coefficient (Wildman–Crippen LogP) is 6.48. The van der Waals surface area contributed by atoms with E-state index in [0.29, 0.717) is 6.61 Å². The highest BCUT2D eigenvalue weighted by molar-refractivity contribution is 7.22. The first kappa shape index (κ1) is 22.0. The number of rotatable bonds is 9. The van der Waals surface area contributed by atoms with Crippen LogP contribution in [0.1, 0.15) is 17.7 Å². The molecule has 34 heavy (non-hydrogen) atoms. The number of methoxy groups -OCH3 is 1. The van der Waals surface area contributed by atoms with Gasteiger partial charge in [-0.25, -0.2) is 4.98 Å². The molecule has 0 unspecified atom stereocenters. The molecule has 2 aromatic heterocycles. The second-order valence-corrected chi connectivity index (χ2v) is 8.93. The van der Waals surface area contributed by atoms with E-state index in [-0.39, 0.29) is 0 Å². The van der Waals surface area contributed by atoms with Crippen LogP contribution in [0.15, 0.2) is 77.9 Å². The molecular weight excluding hydrogens is 444 g/mol. The van der Waals surface area contributed by atoms with Crippen molar-refractivity contribution in [3.8, 4) is 11.5 Å². The van der Waals surface area contributed by atoms with Crippen LogP contribution in [0.25, 0.3) is 21.1 Å². The molecule has 0 atom stereocenters. The monoisotopic (exact) mass is 470 g/mol. The summed E-state index contributed by atoms with van der Waals surface area (Å²) >= 11 is 1.60. The molecule has 6 nitrogen and oxygen atoms in total. The smallest absolute Gasteiger partial charge is 0.204 e. The van der Waals surface area contributed by atoms with E-state index in [4.69, 9.17) is 9.47 Å². The minimum atomic E-state index is 0.640. The van der Waals surface area contributed by atoms with Crippen molar-refractivity contribution in [3.05, 3.63) is 84.1 Å². The van der Waals surface area contributed by atoms with Gasteiger partial charge in [-0.15, -0.1) is 0 Å². The molecule has 2 heterocycles. The molecule has 172 valence electrons. The van der Waals surface area contributed by atoms with Gasteiger partial charge in [0.25, 0.3) is 0 Å². The molecule has 1 N–H and O–H groups in total. The van der Waals surface area contributed by atoms with Crippen molar-refractivity contribution in [2.24, 2.45) is 5.10 Å². The highest BCUT2D eigenvalue weighted by Gasteiger charge is 2.12. The maximum absolute atomic E-state index is 5.91. The summed E-state index contributed by atoms with van der Waals surface area (Å²) in [6, 6.07) is 24.2. The van der Waals surface area contributed by atoms with E-state index >= 15 is 0 Å². The molecule has 0 amide bonds. The molecule has 5 aromatic rings. The first-order valence-electron chi connectivity index (χ1n) is 11.2. The van der Waals surface area contributed by atoms with E-state index in [0.717, 1.165) is 45.4 Å². The number of anilines is 1. The second-order valence-electron chi connectivity index (χ2n) is 7.90. The van der Waals surface area contributed by atoms with Gasteiger partial charge in [0.15, 0.2) is 0 Å². The molecular formula is C27H26N4O2S. The van der Waals surface area contributed by atoms with Gasteiger partial charge in [-0.1, -0.05) is 41.7 Å². The Balaban J connectivity index is 1.28.